The Morgan fingerprint density at radius 1 is 1.30 bits per heavy atom. The quantitative estimate of drug-likeness (QED) is 0.761. The van der Waals surface area contributed by atoms with Gasteiger partial charge in [0.2, 0.25) is 0 Å². The number of nitrogens with one attached hydrogen (secondary N) is 2. The van der Waals surface area contributed by atoms with Gasteiger partial charge in [0.05, 0.1) is 0 Å². The highest BCUT2D eigenvalue weighted by Crippen LogP contribution is 2.42. The van der Waals surface area contributed by atoms with Crippen LogP contribution in [0.5, 0.6) is 11.5 Å². The van der Waals surface area contributed by atoms with Crippen molar-refractivity contribution in [1.82, 2.24) is 9.88 Å². The summed E-state index contributed by atoms with van der Waals surface area (Å²) in [6.07, 6.45) is 0.0485. The van der Waals surface area contributed by atoms with Crippen LogP contribution in [0.25, 0.3) is 0 Å². The Kier molecular flexibility index (Phi) is 6.33. The predicted octanol–water partition coefficient (Wildman–Crippen LogP) is 3.15. The third-order valence-electron chi connectivity index (χ3n) is 5.11. The minimum absolute atomic E-state index is 0. The van der Waals surface area contributed by atoms with Gasteiger partial charge in [0.1, 0.15) is 5.56 Å². The number of nitrogens with zero attached hydrogens (tertiary/aromatic N) is 1. The molecule has 4 rings (SSSR count). The number of pyridine rings is 1. The van der Waals surface area contributed by atoms with Gasteiger partial charge in [-0.25, -0.2) is 0 Å². The Morgan fingerprint density at radius 3 is 2.80 bits per heavy atom. The summed E-state index contributed by atoms with van der Waals surface area (Å²) in [4.78, 5) is 25.7. The molecule has 0 aliphatic carbocycles. The molecule has 1 unspecified atom stereocenters. The summed E-state index contributed by atoms with van der Waals surface area (Å²) in [6, 6.07) is 5.65. The normalized spacial score (nSPS) is 19.1. The molecule has 1 atom stereocenters. The monoisotopic (exact) mass is 441 g/mol. The maximum absolute atomic E-state index is 13.2. The van der Waals surface area contributed by atoms with Crippen LogP contribution in [-0.2, 0) is 6.54 Å². The largest absolute Gasteiger partial charge is 0.586 e. The van der Waals surface area contributed by atoms with Crippen LogP contribution in [0.3, 0.4) is 0 Å². The topological polar surface area (TPSA) is 81.6 Å². The number of amides is 1. The second kappa shape index (κ2) is 8.61. The van der Waals surface area contributed by atoms with Crippen molar-refractivity contribution < 1.29 is 23.0 Å². The van der Waals surface area contributed by atoms with Crippen molar-refractivity contribution in [2.45, 2.75) is 32.6 Å². The van der Waals surface area contributed by atoms with E-state index in [2.05, 4.69) is 20.1 Å². The van der Waals surface area contributed by atoms with E-state index in [1.165, 1.54) is 18.2 Å². The van der Waals surface area contributed by atoms with Crippen LogP contribution in [-0.4, -0.2) is 29.9 Å². The molecule has 0 spiro atoms. The Labute approximate surface area is 177 Å². The lowest BCUT2D eigenvalue weighted by atomic mass is 9.99. The molecule has 3 heterocycles. The number of rotatable bonds is 4. The molecule has 0 bridgehead atoms. The van der Waals surface area contributed by atoms with Crippen molar-refractivity contribution in [3.63, 3.8) is 0 Å². The first-order valence-electron chi connectivity index (χ1n) is 9.44. The van der Waals surface area contributed by atoms with E-state index >= 15 is 0 Å². The van der Waals surface area contributed by atoms with Crippen molar-refractivity contribution >= 4 is 24.0 Å². The number of hydrogen-bond acceptors (Lipinski definition) is 5. The van der Waals surface area contributed by atoms with E-state index in [-0.39, 0.29) is 40.7 Å². The van der Waals surface area contributed by atoms with E-state index < -0.39 is 12.2 Å². The van der Waals surface area contributed by atoms with Crippen LogP contribution < -0.4 is 25.7 Å². The second-order valence-corrected chi connectivity index (χ2v) is 7.33. The molecule has 7 nitrogen and oxygen atoms in total. The molecule has 1 aromatic heterocycles. The number of alkyl halides is 2. The van der Waals surface area contributed by atoms with Crippen LogP contribution >= 0.6 is 12.4 Å². The Balaban J connectivity index is 0.00000256. The number of piperidine rings is 1. The summed E-state index contributed by atoms with van der Waals surface area (Å²) < 4.78 is 36.6. The van der Waals surface area contributed by atoms with Crippen LogP contribution in [0.15, 0.2) is 35.3 Å². The molecule has 162 valence electrons. The lowest BCUT2D eigenvalue weighted by Crippen LogP contribution is -2.36. The molecule has 1 aromatic carbocycles. The average Bonchev–Trinajstić information content (AvgIpc) is 2.98. The van der Waals surface area contributed by atoms with Gasteiger partial charge in [-0.2, -0.15) is 0 Å². The van der Waals surface area contributed by atoms with E-state index in [4.69, 9.17) is 0 Å². The van der Waals surface area contributed by atoms with E-state index in [1.54, 1.807) is 23.8 Å². The fourth-order valence-electron chi connectivity index (χ4n) is 3.66. The maximum Gasteiger partial charge on any atom is 0.586 e. The molecular formula is C20H22ClF2N3O4. The minimum atomic E-state index is -3.73. The zero-order valence-corrected chi connectivity index (χ0v) is 17.1. The summed E-state index contributed by atoms with van der Waals surface area (Å²) in [6.45, 7) is 4.03. The lowest BCUT2D eigenvalue weighted by Gasteiger charge is -2.23. The number of anilines is 1. The van der Waals surface area contributed by atoms with Crippen LogP contribution in [0.2, 0.25) is 0 Å². The maximum atomic E-state index is 13.2. The summed E-state index contributed by atoms with van der Waals surface area (Å²) >= 11 is 0. The number of carbonyl (C=O) groups excluding carboxylic acids is 1. The minimum Gasteiger partial charge on any atom is -0.395 e. The molecule has 1 fully saturated rings. The van der Waals surface area contributed by atoms with Crippen molar-refractivity contribution in [2.75, 3.05) is 18.4 Å². The number of halogens is 3. The third-order valence-corrected chi connectivity index (χ3v) is 5.11. The number of benzene rings is 1. The Morgan fingerprint density at radius 2 is 2.07 bits per heavy atom. The highest BCUT2D eigenvalue weighted by molar-refractivity contribution is 6.05. The molecule has 0 radical (unpaired) electrons. The van der Waals surface area contributed by atoms with Crippen molar-refractivity contribution in [3.8, 4) is 11.5 Å². The standard InChI is InChI=1S/C20H21F2N3O4.ClH/c1-12-6-8-25(11-13-3-2-7-23-10-13)19(27)17(12)18(26)24-14-4-5-15-16(9-14)29-20(21,22)28-15;/h4-6,8-9,13,23H,2-3,7,10-11H2,1H3,(H,24,26);1H. The van der Waals surface area contributed by atoms with Crippen molar-refractivity contribution in [3.05, 3.63) is 51.9 Å². The molecule has 2 aliphatic heterocycles. The lowest BCUT2D eigenvalue weighted by molar-refractivity contribution is -0.286. The molecule has 2 aromatic rings. The van der Waals surface area contributed by atoms with Gasteiger partial charge < -0.3 is 24.7 Å². The zero-order chi connectivity index (χ0) is 20.6. The van der Waals surface area contributed by atoms with Crippen LogP contribution in [0.1, 0.15) is 28.8 Å². The summed E-state index contributed by atoms with van der Waals surface area (Å²) in [5.74, 6) is -0.572. The Hall–Kier alpha value is -2.65. The van der Waals surface area contributed by atoms with Gasteiger partial charge in [-0.1, -0.05) is 0 Å². The van der Waals surface area contributed by atoms with E-state index in [1.807, 2.05) is 0 Å². The summed E-state index contributed by atoms with van der Waals surface area (Å²) in [5.41, 5.74) is 0.415. The van der Waals surface area contributed by atoms with Gasteiger partial charge in [-0.15, -0.1) is 21.2 Å². The zero-order valence-electron chi connectivity index (χ0n) is 16.2. The number of hydrogen-bond donors (Lipinski definition) is 2. The first-order chi connectivity index (χ1) is 13.8. The molecule has 2 aliphatic rings. The molecule has 1 saturated heterocycles. The molecule has 0 saturated carbocycles. The second-order valence-electron chi connectivity index (χ2n) is 7.33. The average molecular weight is 442 g/mol. The van der Waals surface area contributed by atoms with E-state index in [9.17, 15) is 18.4 Å². The fraction of sp³-hybridized carbons (Fsp3) is 0.400. The van der Waals surface area contributed by atoms with Crippen LogP contribution in [0, 0.1) is 12.8 Å². The highest BCUT2D eigenvalue weighted by atomic mass is 35.5. The molecule has 30 heavy (non-hydrogen) atoms. The highest BCUT2D eigenvalue weighted by Gasteiger charge is 2.43. The fourth-order valence-corrected chi connectivity index (χ4v) is 3.66. The van der Waals surface area contributed by atoms with Crippen molar-refractivity contribution in [1.29, 1.82) is 0 Å². The van der Waals surface area contributed by atoms with E-state index in [0.717, 1.165) is 25.9 Å². The van der Waals surface area contributed by atoms with Gasteiger partial charge in [-0.3, -0.25) is 9.59 Å². The molecule has 2 N–H and O–H groups in total. The van der Waals surface area contributed by atoms with Crippen molar-refractivity contribution in [2.24, 2.45) is 5.92 Å². The number of fused-ring (bicyclic) bond motifs is 1. The molecular weight excluding hydrogens is 420 g/mol. The third kappa shape index (κ3) is 4.57. The van der Waals surface area contributed by atoms with Gasteiger partial charge in [0, 0.05) is 24.5 Å². The number of carbonyl (C=O) groups is 1. The SMILES string of the molecule is Cc1ccn(CC2CCCNC2)c(=O)c1C(=O)Nc1ccc2c(c1)OC(F)(F)O2.Cl. The van der Waals surface area contributed by atoms with Gasteiger partial charge in [0.15, 0.2) is 11.5 Å². The molecule has 1 amide bonds. The van der Waals surface area contributed by atoms with Gasteiger partial charge in [-0.05, 0) is 62.5 Å². The van der Waals surface area contributed by atoms with E-state index in [0.29, 0.717) is 18.0 Å². The van der Waals surface area contributed by atoms with Crippen LogP contribution in [0.4, 0.5) is 14.5 Å². The first-order valence-corrected chi connectivity index (χ1v) is 9.44. The number of aromatic nitrogens is 1. The summed E-state index contributed by atoms with van der Waals surface area (Å²) in [5, 5.41) is 5.89. The smallest absolute Gasteiger partial charge is 0.395 e. The van der Waals surface area contributed by atoms with Gasteiger partial charge in [0.25, 0.3) is 11.5 Å². The predicted molar refractivity (Wildman–Crippen MR) is 109 cm³/mol. The first kappa shape index (κ1) is 22.0. The Bertz CT molecular complexity index is 1010. The number of ether oxygens (including phenoxy) is 2. The van der Waals surface area contributed by atoms with Gasteiger partial charge >= 0.3 is 6.29 Å². The molecule has 10 heteroatoms. The number of aryl methyl sites for hydroxylation is 1. The summed E-state index contributed by atoms with van der Waals surface area (Å²) in [7, 11) is 0.